The summed E-state index contributed by atoms with van der Waals surface area (Å²) < 4.78 is 27.5. The number of benzene rings is 1. The third-order valence-electron chi connectivity index (χ3n) is 6.82. The third-order valence-corrected chi connectivity index (χ3v) is 6.82. The van der Waals surface area contributed by atoms with Crippen molar-refractivity contribution in [3.05, 3.63) is 59.9 Å². The summed E-state index contributed by atoms with van der Waals surface area (Å²) in [6.45, 7) is 3.03. The molecule has 1 saturated carbocycles. The number of aromatic nitrogens is 3. The van der Waals surface area contributed by atoms with Gasteiger partial charge in [-0.3, -0.25) is 4.79 Å². The van der Waals surface area contributed by atoms with Gasteiger partial charge in [0, 0.05) is 31.0 Å². The number of hydrogen-bond acceptors (Lipinski definition) is 9. The van der Waals surface area contributed by atoms with Gasteiger partial charge in [0.05, 0.1) is 24.3 Å². The lowest BCUT2D eigenvalue weighted by Crippen LogP contribution is -2.43. The van der Waals surface area contributed by atoms with E-state index in [1.807, 2.05) is 24.3 Å². The largest absolute Gasteiger partial charge is 0.491 e. The molecule has 0 bridgehead atoms. The van der Waals surface area contributed by atoms with Gasteiger partial charge in [-0.15, -0.1) is 0 Å². The molecule has 1 atom stereocenters. The van der Waals surface area contributed by atoms with E-state index in [4.69, 9.17) is 23.7 Å². The SMILES string of the molecule is CCOC(=O)NC1CCC(NC(=O)c2c[nH]c3c(C4=COC(c5cccc(OCCOC)c5)O4)ncnc23)CC1. The molecule has 40 heavy (non-hydrogen) atoms. The molecular weight excluding hydrogens is 518 g/mol. The Morgan fingerprint density at radius 2 is 1.90 bits per heavy atom. The van der Waals surface area contributed by atoms with Crippen LogP contribution in [0.5, 0.6) is 5.75 Å². The lowest BCUT2D eigenvalue weighted by Gasteiger charge is -2.29. The van der Waals surface area contributed by atoms with Crippen LogP contribution < -0.4 is 15.4 Å². The number of carbonyl (C=O) groups excluding carboxylic acids is 2. The summed E-state index contributed by atoms with van der Waals surface area (Å²) in [5.74, 6) is 0.881. The van der Waals surface area contributed by atoms with Crippen molar-refractivity contribution < 1.29 is 33.3 Å². The van der Waals surface area contributed by atoms with Crippen LogP contribution in [0.15, 0.2) is 43.1 Å². The molecular formula is C28H33N5O7. The van der Waals surface area contributed by atoms with Crippen molar-refractivity contribution in [2.45, 2.75) is 51.0 Å². The van der Waals surface area contributed by atoms with E-state index in [9.17, 15) is 9.59 Å². The Morgan fingerprint density at radius 1 is 1.10 bits per heavy atom. The summed E-state index contributed by atoms with van der Waals surface area (Å²) in [5.41, 5.74) is 2.75. The average molecular weight is 552 g/mol. The van der Waals surface area contributed by atoms with Crippen LogP contribution in [0, 0.1) is 0 Å². The van der Waals surface area contributed by atoms with Gasteiger partial charge < -0.3 is 39.3 Å². The van der Waals surface area contributed by atoms with E-state index < -0.39 is 12.4 Å². The fraction of sp³-hybridized carbons (Fsp3) is 0.429. The Morgan fingerprint density at radius 3 is 2.67 bits per heavy atom. The van der Waals surface area contributed by atoms with Crippen molar-refractivity contribution in [3.63, 3.8) is 0 Å². The summed E-state index contributed by atoms with van der Waals surface area (Å²) in [7, 11) is 1.62. The maximum absolute atomic E-state index is 13.2. The van der Waals surface area contributed by atoms with E-state index in [0.717, 1.165) is 31.2 Å². The molecule has 2 amide bonds. The molecule has 1 aliphatic heterocycles. The summed E-state index contributed by atoms with van der Waals surface area (Å²) in [5, 5.41) is 5.97. The highest BCUT2D eigenvalue weighted by Gasteiger charge is 2.28. The third kappa shape index (κ3) is 6.28. The molecule has 1 unspecified atom stereocenters. The number of carbonyl (C=O) groups is 2. The number of rotatable bonds is 10. The second-order valence-corrected chi connectivity index (χ2v) is 9.52. The lowest BCUT2D eigenvalue weighted by atomic mass is 9.91. The number of nitrogens with one attached hydrogen (secondary N) is 3. The lowest BCUT2D eigenvalue weighted by molar-refractivity contribution is -0.0173. The van der Waals surface area contributed by atoms with Crippen molar-refractivity contribution in [1.82, 2.24) is 25.6 Å². The fourth-order valence-corrected chi connectivity index (χ4v) is 4.83. The molecule has 1 aromatic carbocycles. The zero-order valence-electron chi connectivity index (χ0n) is 22.5. The van der Waals surface area contributed by atoms with E-state index in [2.05, 4.69) is 25.6 Å². The first kappa shape index (κ1) is 27.3. The number of alkyl carbamates (subject to hydrolysis) is 1. The van der Waals surface area contributed by atoms with Gasteiger partial charge in [0.15, 0.2) is 5.76 Å². The molecule has 3 N–H and O–H groups in total. The highest BCUT2D eigenvalue weighted by atomic mass is 16.7. The Kier molecular flexibility index (Phi) is 8.65. The number of amides is 2. The molecule has 212 valence electrons. The Labute approximate surface area is 231 Å². The van der Waals surface area contributed by atoms with Crippen LogP contribution in [0.4, 0.5) is 4.79 Å². The van der Waals surface area contributed by atoms with Gasteiger partial charge in [-0.1, -0.05) is 12.1 Å². The number of ether oxygens (including phenoxy) is 5. The molecule has 5 rings (SSSR count). The van der Waals surface area contributed by atoms with Crippen LogP contribution >= 0.6 is 0 Å². The van der Waals surface area contributed by atoms with Gasteiger partial charge in [-0.2, -0.15) is 0 Å². The van der Waals surface area contributed by atoms with Gasteiger partial charge in [0.2, 0.25) is 0 Å². The normalized spacial score (nSPS) is 20.2. The smallest absolute Gasteiger partial charge is 0.407 e. The van der Waals surface area contributed by atoms with Gasteiger partial charge in [-0.05, 0) is 44.7 Å². The molecule has 3 heterocycles. The predicted octanol–water partition coefficient (Wildman–Crippen LogP) is 3.81. The van der Waals surface area contributed by atoms with Crippen molar-refractivity contribution in [3.8, 4) is 5.75 Å². The first-order valence-corrected chi connectivity index (χ1v) is 13.4. The number of H-pyrrole nitrogens is 1. The zero-order chi connectivity index (χ0) is 27.9. The van der Waals surface area contributed by atoms with Crippen molar-refractivity contribution in [1.29, 1.82) is 0 Å². The summed E-state index contributed by atoms with van der Waals surface area (Å²) in [6, 6.07) is 7.51. The highest BCUT2D eigenvalue weighted by Crippen LogP contribution is 2.36. The molecule has 2 aliphatic rings. The van der Waals surface area contributed by atoms with Crippen molar-refractivity contribution in [2.24, 2.45) is 0 Å². The van der Waals surface area contributed by atoms with Crippen LogP contribution in [-0.4, -0.2) is 66.0 Å². The Bertz CT molecular complexity index is 1370. The van der Waals surface area contributed by atoms with Gasteiger partial charge >= 0.3 is 6.09 Å². The number of fused-ring (bicyclic) bond motifs is 1. The maximum atomic E-state index is 13.2. The molecule has 2 aromatic heterocycles. The van der Waals surface area contributed by atoms with Crippen LogP contribution in [0.25, 0.3) is 16.8 Å². The molecule has 0 spiro atoms. The quantitative estimate of drug-likeness (QED) is 0.320. The monoisotopic (exact) mass is 551 g/mol. The topological polar surface area (TPSA) is 146 Å². The maximum Gasteiger partial charge on any atom is 0.407 e. The standard InChI is InChI=1S/C28H33N5O7/c1-3-37-28(35)33-19-9-7-18(8-10-19)32-26(34)21-14-29-25-23(21)30-16-31-24(25)22-15-39-27(40-22)17-5-4-6-20(13-17)38-12-11-36-2/h4-6,13-16,18-19,27,29H,3,7-12H2,1-2H3,(H,32,34)(H,33,35). The van der Waals surface area contributed by atoms with E-state index >= 15 is 0 Å². The average Bonchev–Trinajstić information content (AvgIpc) is 3.63. The minimum absolute atomic E-state index is 0.00303. The van der Waals surface area contributed by atoms with E-state index in [1.165, 1.54) is 12.6 Å². The molecule has 0 radical (unpaired) electrons. The minimum atomic E-state index is -0.669. The van der Waals surface area contributed by atoms with Crippen LogP contribution in [0.1, 0.15) is 60.5 Å². The van der Waals surface area contributed by atoms with E-state index in [-0.39, 0.29) is 18.0 Å². The molecule has 1 fully saturated rings. The van der Waals surface area contributed by atoms with E-state index in [0.29, 0.717) is 53.6 Å². The number of methoxy groups -OCH3 is 1. The number of hydrogen-bond donors (Lipinski definition) is 3. The number of aromatic amines is 1. The van der Waals surface area contributed by atoms with Crippen molar-refractivity contribution in [2.75, 3.05) is 26.9 Å². The number of nitrogens with zero attached hydrogens (tertiary/aromatic N) is 2. The minimum Gasteiger partial charge on any atom is -0.491 e. The Hall–Kier alpha value is -4.32. The van der Waals surface area contributed by atoms with Gasteiger partial charge in [0.1, 0.15) is 36.2 Å². The van der Waals surface area contributed by atoms with Gasteiger partial charge in [0.25, 0.3) is 12.2 Å². The van der Waals surface area contributed by atoms with Crippen LogP contribution in [-0.2, 0) is 18.9 Å². The summed E-state index contributed by atoms with van der Waals surface area (Å²) in [6.07, 6.45) is 6.50. The summed E-state index contributed by atoms with van der Waals surface area (Å²) in [4.78, 5) is 36.7. The van der Waals surface area contributed by atoms with E-state index in [1.54, 1.807) is 20.2 Å². The first-order valence-electron chi connectivity index (χ1n) is 13.4. The fourth-order valence-electron chi connectivity index (χ4n) is 4.83. The molecule has 12 nitrogen and oxygen atoms in total. The predicted molar refractivity (Wildman–Crippen MR) is 144 cm³/mol. The second-order valence-electron chi connectivity index (χ2n) is 9.52. The van der Waals surface area contributed by atoms with Crippen LogP contribution in [0.2, 0.25) is 0 Å². The Balaban J connectivity index is 1.21. The van der Waals surface area contributed by atoms with Crippen molar-refractivity contribution >= 4 is 28.8 Å². The molecule has 0 saturated heterocycles. The van der Waals surface area contributed by atoms with Crippen LogP contribution in [0.3, 0.4) is 0 Å². The molecule has 12 heteroatoms. The summed E-state index contributed by atoms with van der Waals surface area (Å²) >= 11 is 0. The first-order chi connectivity index (χ1) is 19.6. The second kappa shape index (κ2) is 12.7. The highest BCUT2D eigenvalue weighted by molar-refractivity contribution is 6.06. The molecule has 3 aromatic rings. The molecule has 1 aliphatic carbocycles. The van der Waals surface area contributed by atoms with Gasteiger partial charge in [-0.25, -0.2) is 14.8 Å². The zero-order valence-corrected chi connectivity index (χ0v) is 22.5.